The molecule has 0 amide bonds. The van der Waals surface area contributed by atoms with E-state index in [0.717, 1.165) is 27.9 Å². The minimum atomic E-state index is -1.22. The Morgan fingerprint density at radius 1 is 1.47 bits per heavy atom. The first kappa shape index (κ1) is 14.7. The molecule has 2 rings (SSSR count). The summed E-state index contributed by atoms with van der Waals surface area (Å²) >= 11 is 3.42. The molecular weight excluding hydrogens is 326 g/mol. The lowest BCUT2D eigenvalue weighted by molar-refractivity contribution is 0.320. The lowest BCUT2D eigenvalue weighted by atomic mass is 10.0. The van der Waals surface area contributed by atoms with Crippen LogP contribution in [-0.4, -0.2) is 21.3 Å². The van der Waals surface area contributed by atoms with Crippen molar-refractivity contribution >= 4 is 32.6 Å². The number of hydrogen-bond acceptors (Lipinski definition) is 2. The molecule has 0 saturated carbocycles. The van der Waals surface area contributed by atoms with Gasteiger partial charge in [-0.2, -0.15) is 4.40 Å². The Hall–Kier alpha value is -0.680. The number of benzene rings is 1. The maximum Gasteiger partial charge on any atom is 0.145 e. The fourth-order valence-corrected chi connectivity index (χ4v) is 2.91. The van der Waals surface area contributed by atoms with Crippen LogP contribution < -0.4 is 4.74 Å². The smallest absolute Gasteiger partial charge is 0.145 e. The lowest BCUT2D eigenvalue weighted by Crippen LogP contribution is -2.26. The SMILES string of the molecule is CCC(C)(C)[S@](=O)N=C1CCOc2cc(Br)ccc21. The fraction of sp³-hybridized carbons (Fsp3) is 0.500. The molecule has 0 aromatic heterocycles. The van der Waals surface area contributed by atoms with Crippen LogP contribution in [0.5, 0.6) is 5.75 Å². The van der Waals surface area contributed by atoms with Gasteiger partial charge >= 0.3 is 0 Å². The van der Waals surface area contributed by atoms with E-state index in [9.17, 15) is 4.21 Å². The highest BCUT2D eigenvalue weighted by Crippen LogP contribution is 2.29. The van der Waals surface area contributed by atoms with Gasteiger partial charge < -0.3 is 4.74 Å². The molecule has 1 heterocycles. The summed E-state index contributed by atoms with van der Waals surface area (Å²) in [7, 11) is -1.22. The van der Waals surface area contributed by atoms with Gasteiger partial charge in [-0.3, -0.25) is 0 Å². The van der Waals surface area contributed by atoms with E-state index in [1.807, 2.05) is 39.0 Å². The second-order valence-electron chi connectivity index (χ2n) is 5.14. The fourth-order valence-electron chi connectivity index (χ4n) is 1.69. The van der Waals surface area contributed by atoms with Crippen LogP contribution in [0.25, 0.3) is 0 Å². The van der Waals surface area contributed by atoms with Crippen molar-refractivity contribution in [2.75, 3.05) is 6.61 Å². The van der Waals surface area contributed by atoms with E-state index < -0.39 is 11.0 Å². The summed E-state index contributed by atoms with van der Waals surface area (Å²) in [6.07, 6.45) is 1.54. The van der Waals surface area contributed by atoms with Crippen LogP contribution in [0.15, 0.2) is 27.1 Å². The highest BCUT2D eigenvalue weighted by molar-refractivity contribution is 9.10. The van der Waals surface area contributed by atoms with Crippen LogP contribution >= 0.6 is 15.9 Å². The normalized spacial score (nSPS) is 18.8. The van der Waals surface area contributed by atoms with Crippen molar-refractivity contribution in [1.29, 1.82) is 0 Å². The molecule has 0 bridgehead atoms. The largest absolute Gasteiger partial charge is 0.492 e. The molecule has 3 nitrogen and oxygen atoms in total. The van der Waals surface area contributed by atoms with Crippen LogP contribution in [0.1, 0.15) is 39.2 Å². The molecule has 5 heteroatoms. The second-order valence-corrected chi connectivity index (χ2v) is 7.84. The summed E-state index contributed by atoms with van der Waals surface area (Å²) in [5.74, 6) is 0.811. The molecule has 19 heavy (non-hydrogen) atoms. The molecule has 1 aromatic rings. The van der Waals surface area contributed by atoms with Gasteiger partial charge in [-0.25, -0.2) is 4.21 Å². The van der Waals surface area contributed by atoms with Crippen molar-refractivity contribution in [3.63, 3.8) is 0 Å². The van der Waals surface area contributed by atoms with E-state index in [1.165, 1.54) is 0 Å². The molecule has 0 N–H and O–H groups in total. The standard InChI is InChI=1S/C14H18BrNO2S/c1-4-14(2,3)19(17)16-12-7-8-18-13-9-10(15)5-6-11(12)13/h5-6,9H,4,7-8H2,1-3H3/t19-/m0/s1. The monoisotopic (exact) mass is 343 g/mol. The maximum atomic E-state index is 12.3. The van der Waals surface area contributed by atoms with E-state index in [4.69, 9.17) is 4.74 Å². The molecule has 0 unspecified atom stereocenters. The Labute approximate surface area is 125 Å². The molecule has 0 spiro atoms. The van der Waals surface area contributed by atoms with Gasteiger partial charge in [-0.1, -0.05) is 22.9 Å². The number of fused-ring (bicyclic) bond motifs is 1. The zero-order valence-electron chi connectivity index (χ0n) is 11.4. The average molecular weight is 344 g/mol. The first-order valence-electron chi connectivity index (χ1n) is 6.36. The molecule has 0 saturated heterocycles. The van der Waals surface area contributed by atoms with Crippen molar-refractivity contribution in [3.05, 3.63) is 28.2 Å². The van der Waals surface area contributed by atoms with E-state index in [2.05, 4.69) is 20.3 Å². The molecule has 0 radical (unpaired) electrons. The van der Waals surface area contributed by atoms with Crippen LogP contribution in [-0.2, 0) is 11.0 Å². The maximum absolute atomic E-state index is 12.3. The highest BCUT2D eigenvalue weighted by atomic mass is 79.9. The number of rotatable bonds is 3. The molecular formula is C14H18BrNO2S. The molecule has 0 fully saturated rings. The van der Waals surface area contributed by atoms with Crippen molar-refractivity contribution in [2.24, 2.45) is 4.40 Å². The van der Waals surface area contributed by atoms with Gasteiger partial charge in [-0.15, -0.1) is 0 Å². The summed E-state index contributed by atoms with van der Waals surface area (Å²) < 4.78 is 23.1. The molecule has 1 aromatic carbocycles. The summed E-state index contributed by atoms with van der Waals surface area (Å²) in [5, 5.41) is 0. The minimum absolute atomic E-state index is 0.291. The Morgan fingerprint density at radius 2 is 2.21 bits per heavy atom. The van der Waals surface area contributed by atoms with Crippen molar-refractivity contribution < 1.29 is 8.95 Å². The van der Waals surface area contributed by atoms with E-state index in [-0.39, 0.29) is 4.75 Å². The summed E-state index contributed by atoms with van der Waals surface area (Å²) in [4.78, 5) is 0. The van der Waals surface area contributed by atoms with Crippen LogP contribution in [0.4, 0.5) is 0 Å². The predicted octanol–water partition coefficient (Wildman–Crippen LogP) is 3.87. The van der Waals surface area contributed by atoms with E-state index in [1.54, 1.807) is 0 Å². The summed E-state index contributed by atoms with van der Waals surface area (Å²) in [6.45, 7) is 6.59. The van der Waals surface area contributed by atoms with E-state index >= 15 is 0 Å². The number of ether oxygens (including phenoxy) is 1. The summed E-state index contributed by atoms with van der Waals surface area (Å²) in [5.41, 5.74) is 1.84. The minimum Gasteiger partial charge on any atom is -0.492 e. The lowest BCUT2D eigenvalue weighted by Gasteiger charge is -2.22. The Balaban J connectivity index is 2.36. The third-order valence-corrected chi connectivity index (χ3v) is 5.48. The van der Waals surface area contributed by atoms with Gasteiger partial charge in [0.05, 0.1) is 17.1 Å². The van der Waals surface area contributed by atoms with Gasteiger partial charge in [-0.05, 0) is 38.5 Å². The van der Waals surface area contributed by atoms with Gasteiger partial charge in [0.25, 0.3) is 0 Å². The van der Waals surface area contributed by atoms with Crippen molar-refractivity contribution in [2.45, 2.75) is 38.4 Å². The van der Waals surface area contributed by atoms with Gasteiger partial charge in [0.1, 0.15) is 16.7 Å². The van der Waals surface area contributed by atoms with Gasteiger partial charge in [0.2, 0.25) is 0 Å². The van der Waals surface area contributed by atoms with Gasteiger partial charge in [0.15, 0.2) is 0 Å². The molecule has 104 valence electrons. The topological polar surface area (TPSA) is 38.7 Å². The average Bonchev–Trinajstić information content (AvgIpc) is 2.38. The third-order valence-electron chi connectivity index (χ3n) is 3.37. The number of nitrogens with zero attached hydrogens (tertiary/aromatic N) is 1. The van der Waals surface area contributed by atoms with Crippen LogP contribution in [0, 0.1) is 0 Å². The van der Waals surface area contributed by atoms with Crippen LogP contribution in [0.2, 0.25) is 0 Å². The van der Waals surface area contributed by atoms with Crippen LogP contribution in [0.3, 0.4) is 0 Å². The zero-order chi connectivity index (χ0) is 14.0. The molecule has 0 aliphatic carbocycles. The highest BCUT2D eigenvalue weighted by Gasteiger charge is 2.25. The van der Waals surface area contributed by atoms with Crippen molar-refractivity contribution in [1.82, 2.24) is 0 Å². The first-order valence-corrected chi connectivity index (χ1v) is 8.26. The quantitative estimate of drug-likeness (QED) is 0.835. The molecule has 1 aliphatic heterocycles. The van der Waals surface area contributed by atoms with E-state index in [0.29, 0.717) is 13.0 Å². The van der Waals surface area contributed by atoms with Crippen molar-refractivity contribution in [3.8, 4) is 5.75 Å². The van der Waals surface area contributed by atoms with Gasteiger partial charge in [0, 0.05) is 16.5 Å². The third kappa shape index (κ3) is 3.26. The first-order chi connectivity index (χ1) is 8.94. The Kier molecular flexibility index (Phi) is 4.46. The number of halogens is 1. The summed E-state index contributed by atoms with van der Waals surface area (Å²) in [6, 6.07) is 5.85. The second kappa shape index (κ2) is 5.75. The molecule has 1 aliphatic rings. The predicted molar refractivity (Wildman–Crippen MR) is 83.3 cm³/mol. The molecule has 1 atom stereocenters. The zero-order valence-corrected chi connectivity index (χ0v) is 13.8. The Morgan fingerprint density at radius 3 is 2.89 bits per heavy atom. The number of hydrogen-bond donors (Lipinski definition) is 0. The Bertz CT molecular complexity index is 540.